The van der Waals surface area contributed by atoms with Crippen molar-refractivity contribution in [2.75, 3.05) is 17.3 Å². The summed E-state index contributed by atoms with van der Waals surface area (Å²) < 4.78 is 13.6. The van der Waals surface area contributed by atoms with Crippen LogP contribution in [0.5, 0.6) is 0 Å². The molecular formula is C11H17ClFN3O. The molecule has 0 aliphatic carbocycles. The number of hydrazine groups is 1. The fraction of sp³-hybridized carbons (Fsp3) is 0.455. The third kappa shape index (κ3) is 3.46. The average molecular weight is 262 g/mol. The molecule has 0 aliphatic rings. The molecule has 1 aromatic rings. The predicted octanol–water partition coefficient (Wildman–Crippen LogP) is 2.26. The number of aryl methyl sites for hydroxylation is 1. The molecule has 0 aromatic heterocycles. The van der Waals surface area contributed by atoms with Gasteiger partial charge in [0, 0.05) is 6.54 Å². The van der Waals surface area contributed by atoms with Crippen molar-refractivity contribution >= 4 is 23.0 Å². The monoisotopic (exact) mass is 261 g/mol. The highest BCUT2D eigenvalue weighted by molar-refractivity contribution is 6.34. The second-order valence-corrected chi connectivity index (χ2v) is 4.93. The first-order chi connectivity index (χ1) is 7.76. The lowest BCUT2D eigenvalue weighted by Gasteiger charge is -2.21. The minimum Gasteiger partial charge on any atom is -0.389 e. The number of hydrogen-bond donors (Lipinski definition) is 4. The second-order valence-electron chi connectivity index (χ2n) is 4.55. The van der Waals surface area contributed by atoms with E-state index in [1.165, 1.54) is 0 Å². The molecule has 5 N–H and O–H groups in total. The largest absolute Gasteiger partial charge is 0.389 e. The summed E-state index contributed by atoms with van der Waals surface area (Å²) in [5.41, 5.74) is 2.74. The van der Waals surface area contributed by atoms with E-state index in [1.54, 1.807) is 26.8 Å². The van der Waals surface area contributed by atoms with Crippen molar-refractivity contribution in [3.63, 3.8) is 0 Å². The Morgan fingerprint density at radius 3 is 2.59 bits per heavy atom. The first-order valence-corrected chi connectivity index (χ1v) is 5.55. The fourth-order valence-electron chi connectivity index (χ4n) is 1.34. The van der Waals surface area contributed by atoms with Gasteiger partial charge in [-0.25, -0.2) is 4.39 Å². The van der Waals surface area contributed by atoms with Gasteiger partial charge < -0.3 is 15.8 Å². The molecule has 0 radical (unpaired) electrons. The van der Waals surface area contributed by atoms with E-state index in [0.29, 0.717) is 16.9 Å². The Labute approximate surface area is 105 Å². The van der Waals surface area contributed by atoms with E-state index in [9.17, 15) is 9.50 Å². The van der Waals surface area contributed by atoms with Crippen LogP contribution in [-0.2, 0) is 0 Å². The maximum Gasteiger partial charge on any atom is 0.146 e. The van der Waals surface area contributed by atoms with Crippen LogP contribution in [0.3, 0.4) is 0 Å². The molecule has 0 spiro atoms. The van der Waals surface area contributed by atoms with Gasteiger partial charge in [0.05, 0.1) is 17.0 Å². The molecule has 0 saturated heterocycles. The highest BCUT2D eigenvalue weighted by atomic mass is 35.5. The number of nitrogens with two attached hydrogens (primary N) is 1. The fourth-order valence-corrected chi connectivity index (χ4v) is 1.66. The van der Waals surface area contributed by atoms with E-state index >= 15 is 0 Å². The topological polar surface area (TPSA) is 70.3 Å². The zero-order valence-corrected chi connectivity index (χ0v) is 10.8. The van der Waals surface area contributed by atoms with Crippen molar-refractivity contribution in [3.05, 3.63) is 22.5 Å². The summed E-state index contributed by atoms with van der Waals surface area (Å²) in [7, 11) is 0. The summed E-state index contributed by atoms with van der Waals surface area (Å²) in [6, 6.07) is 1.55. The van der Waals surface area contributed by atoms with E-state index in [0.717, 1.165) is 0 Å². The molecule has 1 rings (SSSR count). The smallest absolute Gasteiger partial charge is 0.146 e. The zero-order chi connectivity index (χ0) is 13.2. The lowest BCUT2D eigenvalue weighted by Crippen LogP contribution is -2.30. The van der Waals surface area contributed by atoms with E-state index in [-0.39, 0.29) is 11.6 Å². The standard InChI is InChI=1S/C11H17ClFN3O/c1-6-4-7(16-14)10(8(12)9(6)13)15-5-11(2,3)17/h4,15-17H,5,14H2,1-3H3. The van der Waals surface area contributed by atoms with E-state index in [4.69, 9.17) is 17.4 Å². The highest BCUT2D eigenvalue weighted by Gasteiger charge is 2.18. The van der Waals surface area contributed by atoms with Crippen LogP contribution >= 0.6 is 11.6 Å². The Kier molecular flexibility index (Phi) is 4.19. The number of hydrogen-bond acceptors (Lipinski definition) is 4. The summed E-state index contributed by atoms with van der Waals surface area (Å²) >= 11 is 5.90. The van der Waals surface area contributed by atoms with Crippen LogP contribution < -0.4 is 16.6 Å². The van der Waals surface area contributed by atoms with Crippen molar-refractivity contribution in [2.45, 2.75) is 26.4 Å². The molecule has 1 aromatic carbocycles. The molecular weight excluding hydrogens is 245 g/mol. The summed E-state index contributed by atoms with van der Waals surface area (Å²) in [6.45, 7) is 5.09. The van der Waals surface area contributed by atoms with Crippen molar-refractivity contribution in [2.24, 2.45) is 5.84 Å². The van der Waals surface area contributed by atoms with Gasteiger partial charge in [0.25, 0.3) is 0 Å². The Hall–Kier alpha value is -1.04. The first-order valence-electron chi connectivity index (χ1n) is 5.17. The maximum atomic E-state index is 13.6. The summed E-state index contributed by atoms with van der Waals surface area (Å²) in [5, 5.41) is 12.4. The summed E-state index contributed by atoms with van der Waals surface area (Å²) in [5.74, 6) is 4.85. The normalized spacial score (nSPS) is 11.5. The molecule has 0 aliphatic heterocycles. The van der Waals surface area contributed by atoms with Crippen LogP contribution in [0.25, 0.3) is 0 Å². The van der Waals surface area contributed by atoms with Crippen molar-refractivity contribution in [1.82, 2.24) is 0 Å². The van der Waals surface area contributed by atoms with Crippen molar-refractivity contribution < 1.29 is 9.50 Å². The molecule has 17 heavy (non-hydrogen) atoms. The molecule has 0 atom stereocenters. The van der Waals surface area contributed by atoms with Crippen LogP contribution in [0.2, 0.25) is 5.02 Å². The molecule has 0 fully saturated rings. The lowest BCUT2D eigenvalue weighted by molar-refractivity contribution is 0.0945. The quantitative estimate of drug-likeness (QED) is 0.496. The van der Waals surface area contributed by atoms with E-state index < -0.39 is 11.4 Å². The number of nitrogens with one attached hydrogen (secondary N) is 2. The van der Waals surface area contributed by atoms with Crippen molar-refractivity contribution in [1.29, 1.82) is 0 Å². The molecule has 0 unspecified atom stereocenters. The van der Waals surface area contributed by atoms with E-state index in [2.05, 4.69) is 10.7 Å². The van der Waals surface area contributed by atoms with Gasteiger partial charge in [-0.05, 0) is 32.4 Å². The van der Waals surface area contributed by atoms with Crippen LogP contribution in [0.4, 0.5) is 15.8 Å². The van der Waals surface area contributed by atoms with Gasteiger partial charge >= 0.3 is 0 Å². The van der Waals surface area contributed by atoms with Crippen LogP contribution in [-0.4, -0.2) is 17.3 Å². The minimum absolute atomic E-state index is 0.0396. The van der Waals surface area contributed by atoms with Gasteiger partial charge in [-0.2, -0.15) is 0 Å². The molecule has 96 valence electrons. The van der Waals surface area contributed by atoms with Gasteiger partial charge in [-0.15, -0.1) is 0 Å². The summed E-state index contributed by atoms with van der Waals surface area (Å²) in [4.78, 5) is 0. The molecule has 4 nitrogen and oxygen atoms in total. The van der Waals surface area contributed by atoms with Gasteiger partial charge in [-0.3, -0.25) is 5.84 Å². The molecule has 0 bridgehead atoms. The van der Waals surface area contributed by atoms with Gasteiger partial charge in [0.2, 0.25) is 0 Å². The number of halogens is 2. The number of aliphatic hydroxyl groups is 1. The lowest BCUT2D eigenvalue weighted by atomic mass is 10.1. The zero-order valence-electron chi connectivity index (χ0n) is 10.1. The average Bonchev–Trinajstić information content (AvgIpc) is 2.22. The second kappa shape index (κ2) is 5.08. The minimum atomic E-state index is -0.934. The Bertz CT molecular complexity index is 418. The number of rotatable bonds is 4. The van der Waals surface area contributed by atoms with E-state index in [1.807, 2.05) is 0 Å². The SMILES string of the molecule is Cc1cc(NN)c(NCC(C)(C)O)c(Cl)c1F. The summed E-state index contributed by atoms with van der Waals surface area (Å²) in [6.07, 6.45) is 0. The Morgan fingerprint density at radius 2 is 2.12 bits per heavy atom. The number of nitrogen functional groups attached to an aromatic ring is 1. The third-order valence-corrected chi connectivity index (χ3v) is 2.60. The molecule has 0 heterocycles. The van der Waals surface area contributed by atoms with Gasteiger partial charge in [0.15, 0.2) is 0 Å². The Balaban J connectivity index is 3.09. The van der Waals surface area contributed by atoms with Crippen LogP contribution in [0.15, 0.2) is 6.07 Å². The molecule has 0 amide bonds. The maximum absolute atomic E-state index is 13.6. The highest BCUT2D eigenvalue weighted by Crippen LogP contribution is 2.34. The van der Waals surface area contributed by atoms with Crippen LogP contribution in [0, 0.1) is 12.7 Å². The third-order valence-electron chi connectivity index (χ3n) is 2.24. The van der Waals surface area contributed by atoms with Crippen molar-refractivity contribution in [3.8, 4) is 0 Å². The molecule has 6 heteroatoms. The van der Waals surface area contributed by atoms with Gasteiger partial charge in [0.1, 0.15) is 10.8 Å². The first kappa shape index (κ1) is 14.0. The Morgan fingerprint density at radius 1 is 1.53 bits per heavy atom. The van der Waals surface area contributed by atoms with Gasteiger partial charge in [-0.1, -0.05) is 11.6 Å². The predicted molar refractivity (Wildman–Crippen MR) is 68.7 cm³/mol. The molecule has 0 saturated carbocycles. The number of anilines is 2. The van der Waals surface area contributed by atoms with Crippen LogP contribution in [0.1, 0.15) is 19.4 Å². The number of benzene rings is 1.